The van der Waals surface area contributed by atoms with Gasteiger partial charge in [0.25, 0.3) is 11.5 Å². The summed E-state index contributed by atoms with van der Waals surface area (Å²) in [5.41, 5.74) is 1.70. The van der Waals surface area contributed by atoms with Crippen LogP contribution >= 0.6 is 11.5 Å². The highest BCUT2D eigenvalue weighted by atomic mass is 32.1. The number of aromatic nitrogens is 5. The van der Waals surface area contributed by atoms with Crippen molar-refractivity contribution in [1.82, 2.24) is 23.9 Å². The smallest absolute Gasteiger partial charge is 0.275 e. The second-order valence-electron chi connectivity index (χ2n) is 9.37. The third-order valence-electron chi connectivity index (χ3n) is 7.62. The number of aromatic amines is 1. The summed E-state index contributed by atoms with van der Waals surface area (Å²) in [6.45, 7) is 7.16. The zero-order chi connectivity index (χ0) is 20.6. The van der Waals surface area contributed by atoms with Crippen LogP contribution in [-0.4, -0.2) is 29.9 Å². The molecule has 0 unspecified atom stereocenters. The highest BCUT2D eigenvalue weighted by molar-refractivity contribution is 7.14. The average Bonchev–Trinajstić information content (AvgIpc) is 3.34. The zero-order valence-electron chi connectivity index (χ0n) is 17.2. The van der Waals surface area contributed by atoms with E-state index in [-0.39, 0.29) is 5.56 Å². The molecule has 1 aromatic carbocycles. The Kier molecular flexibility index (Phi) is 3.69. The van der Waals surface area contributed by atoms with E-state index in [1.54, 1.807) is 10.3 Å². The molecule has 154 valence electrons. The quantitative estimate of drug-likeness (QED) is 0.519. The number of nitrogens with one attached hydrogen (secondary N) is 2. The molecular weight excluding hydrogens is 396 g/mol. The molecule has 3 heterocycles. The number of imidazole rings is 1. The molecule has 4 atom stereocenters. The molecule has 3 aliphatic rings. The number of anilines is 1. The first-order valence-electron chi connectivity index (χ1n) is 10.5. The maximum absolute atomic E-state index is 12.9. The fraction of sp³-hybridized carbons (Fsp3) is 0.455. The van der Waals surface area contributed by atoms with Crippen molar-refractivity contribution in [2.45, 2.75) is 39.7 Å². The summed E-state index contributed by atoms with van der Waals surface area (Å²) in [7, 11) is 0. The van der Waals surface area contributed by atoms with Gasteiger partial charge in [-0.05, 0) is 59.7 Å². The van der Waals surface area contributed by atoms with Crippen LogP contribution in [0.15, 0.2) is 35.4 Å². The predicted molar refractivity (Wildman–Crippen MR) is 119 cm³/mol. The van der Waals surface area contributed by atoms with E-state index in [4.69, 9.17) is 4.98 Å². The first-order chi connectivity index (χ1) is 14.4. The summed E-state index contributed by atoms with van der Waals surface area (Å²) < 4.78 is 2.49. The monoisotopic (exact) mass is 420 g/mol. The van der Waals surface area contributed by atoms with Crippen molar-refractivity contribution in [3.8, 4) is 5.95 Å². The van der Waals surface area contributed by atoms with Crippen LogP contribution < -0.4 is 10.9 Å². The van der Waals surface area contributed by atoms with Gasteiger partial charge in [0, 0.05) is 6.04 Å². The van der Waals surface area contributed by atoms with Crippen LogP contribution in [0.2, 0.25) is 0 Å². The van der Waals surface area contributed by atoms with E-state index in [1.807, 2.05) is 24.3 Å². The lowest BCUT2D eigenvalue weighted by Crippen LogP contribution is -2.58. The second kappa shape index (κ2) is 6.14. The molecule has 0 saturated heterocycles. The first-order valence-corrected chi connectivity index (χ1v) is 11.3. The van der Waals surface area contributed by atoms with E-state index in [2.05, 4.69) is 41.0 Å². The van der Waals surface area contributed by atoms with E-state index in [0.717, 1.165) is 34.3 Å². The Morgan fingerprint density at radius 3 is 2.83 bits per heavy atom. The Bertz CT molecular complexity index is 1330. The summed E-state index contributed by atoms with van der Waals surface area (Å²) >= 11 is 1.36. The normalized spacial score (nSPS) is 27.3. The lowest BCUT2D eigenvalue weighted by molar-refractivity contribution is -0.105. The largest absolute Gasteiger partial charge is 0.365 e. The minimum absolute atomic E-state index is 0.0922. The molecule has 0 amide bonds. The van der Waals surface area contributed by atoms with Gasteiger partial charge in [-0.1, -0.05) is 32.9 Å². The van der Waals surface area contributed by atoms with E-state index >= 15 is 0 Å². The maximum Gasteiger partial charge on any atom is 0.275 e. The Morgan fingerprint density at radius 1 is 1.23 bits per heavy atom. The van der Waals surface area contributed by atoms with E-state index in [0.29, 0.717) is 34.4 Å². The molecule has 3 saturated carbocycles. The number of rotatable bonds is 3. The maximum atomic E-state index is 12.9. The van der Waals surface area contributed by atoms with Gasteiger partial charge in [-0.2, -0.15) is 13.9 Å². The molecule has 3 aliphatic carbocycles. The van der Waals surface area contributed by atoms with Crippen molar-refractivity contribution >= 4 is 38.6 Å². The summed E-state index contributed by atoms with van der Waals surface area (Å²) in [5, 5.41) is 4.37. The van der Waals surface area contributed by atoms with Crippen LogP contribution in [0.5, 0.6) is 0 Å². The molecule has 3 aromatic heterocycles. The molecule has 8 heteroatoms. The van der Waals surface area contributed by atoms with Gasteiger partial charge < -0.3 is 10.3 Å². The van der Waals surface area contributed by atoms with E-state index < -0.39 is 0 Å². The highest BCUT2D eigenvalue weighted by Gasteiger charge is 2.56. The van der Waals surface area contributed by atoms with Gasteiger partial charge in [-0.3, -0.25) is 4.79 Å². The van der Waals surface area contributed by atoms with Crippen LogP contribution in [0, 0.1) is 23.2 Å². The van der Waals surface area contributed by atoms with Gasteiger partial charge in [-0.25, -0.2) is 4.98 Å². The molecule has 2 bridgehead atoms. The molecule has 0 aliphatic heterocycles. The van der Waals surface area contributed by atoms with Crippen molar-refractivity contribution in [3.63, 3.8) is 0 Å². The lowest BCUT2D eigenvalue weighted by atomic mass is 9.45. The topological polar surface area (TPSA) is 88.5 Å². The Morgan fingerprint density at radius 2 is 2.07 bits per heavy atom. The van der Waals surface area contributed by atoms with Crippen LogP contribution in [0.1, 0.15) is 33.6 Å². The molecule has 0 radical (unpaired) electrons. The molecule has 3 fully saturated rings. The summed E-state index contributed by atoms with van der Waals surface area (Å²) in [4.78, 5) is 29.8. The highest BCUT2D eigenvalue weighted by Crippen LogP contribution is 2.61. The van der Waals surface area contributed by atoms with E-state index in [9.17, 15) is 4.79 Å². The Hall–Kier alpha value is -2.74. The van der Waals surface area contributed by atoms with Gasteiger partial charge >= 0.3 is 0 Å². The Balaban J connectivity index is 1.42. The molecule has 4 aromatic rings. The molecular formula is C22H24N6OS. The molecule has 7 nitrogen and oxygen atoms in total. The fourth-order valence-electron chi connectivity index (χ4n) is 5.64. The van der Waals surface area contributed by atoms with Crippen LogP contribution in [0.4, 0.5) is 5.82 Å². The molecule has 0 spiro atoms. The van der Waals surface area contributed by atoms with Gasteiger partial charge in [0.15, 0.2) is 11.5 Å². The SMILES string of the molecule is C[C@@H]1[C@H]2C[C@@H](C[C@H]1Nc1nc(-n3sc4ccccc4c3=O)nc3nc[nH]c13)C2(C)C. The Labute approximate surface area is 177 Å². The standard InChI is InChI=1S/C22H24N6OS/c1-11-14-8-12(22(14,2)3)9-15(11)25-19-17-18(24-10-23-17)26-21(27-19)28-20(29)13-6-4-5-7-16(13)30-28/h4-7,10-12,14-15H,8-9H2,1-3H3,(H2,23,24,25,26,27)/t11-,12+,14-,15-/m1/s1. The fourth-order valence-corrected chi connectivity index (χ4v) is 6.57. The number of H-pyrrole nitrogens is 1. The van der Waals surface area contributed by atoms with Crippen molar-refractivity contribution in [2.24, 2.45) is 23.2 Å². The number of nitrogens with zero attached hydrogens (tertiary/aromatic N) is 4. The lowest BCUT2D eigenvalue weighted by Gasteiger charge is -2.62. The van der Waals surface area contributed by atoms with Gasteiger partial charge in [0.05, 0.1) is 16.4 Å². The van der Waals surface area contributed by atoms with Crippen LogP contribution in [-0.2, 0) is 0 Å². The number of hydrogen-bond donors (Lipinski definition) is 2. The van der Waals surface area contributed by atoms with Gasteiger partial charge in [0.2, 0.25) is 0 Å². The predicted octanol–water partition coefficient (Wildman–Crippen LogP) is 4.20. The minimum Gasteiger partial charge on any atom is -0.365 e. The van der Waals surface area contributed by atoms with Crippen molar-refractivity contribution < 1.29 is 0 Å². The number of fused-ring (bicyclic) bond motifs is 4. The van der Waals surface area contributed by atoms with E-state index in [1.165, 1.54) is 18.0 Å². The third-order valence-corrected chi connectivity index (χ3v) is 8.69. The van der Waals surface area contributed by atoms with Gasteiger partial charge in [0.1, 0.15) is 5.52 Å². The van der Waals surface area contributed by atoms with Gasteiger partial charge in [-0.15, -0.1) is 0 Å². The summed E-state index contributed by atoms with van der Waals surface area (Å²) in [6, 6.07) is 7.96. The summed E-state index contributed by atoms with van der Waals surface area (Å²) in [6.07, 6.45) is 4.10. The van der Waals surface area contributed by atoms with Crippen molar-refractivity contribution in [3.05, 3.63) is 40.9 Å². The third kappa shape index (κ3) is 2.43. The summed E-state index contributed by atoms with van der Waals surface area (Å²) in [5.74, 6) is 3.15. The average molecular weight is 421 g/mol. The van der Waals surface area contributed by atoms with Crippen LogP contribution in [0.25, 0.3) is 27.2 Å². The first kappa shape index (κ1) is 18.1. The molecule has 7 rings (SSSR count). The van der Waals surface area contributed by atoms with Crippen LogP contribution in [0.3, 0.4) is 0 Å². The van der Waals surface area contributed by atoms with Crippen molar-refractivity contribution in [1.29, 1.82) is 0 Å². The number of benzene rings is 1. The minimum atomic E-state index is -0.0922. The number of hydrogen-bond acceptors (Lipinski definition) is 6. The second-order valence-corrected chi connectivity index (χ2v) is 10.4. The van der Waals surface area contributed by atoms with Crippen molar-refractivity contribution in [2.75, 3.05) is 5.32 Å². The molecule has 2 N–H and O–H groups in total. The zero-order valence-corrected chi connectivity index (χ0v) is 18.0. The molecule has 30 heavy (non-hydrogen) atoms.